The summed E-state index contributed by atoms with van der Waals surface area (Å²) in [5.41, 5.74) is 2.12. The minimum atomic E-state index is 0.0610. The maximum Gasteiger partial charge on any atom is 0.236 e. The first-order valence-corrected chi connectivity index (χ1v) is 7.26. The van der Waals surface area contributed by atoms with Gasteiger partial charge in [0.05, 0.1) is 6.54 Å². The Labute approximate surface area is 130 Å². The van der Waals surface area contributed by atoms with Gasteiger partial charge in [-0.3, -0.25) is 4.79 Å². The number of carbonyl (C=O) groups excluding carboxylic acids is 1. The number of benzene rings is 2. The molecule has 0 fully saturated rings. The fraction of sp³-hybridized carbons (Fsp3) is 0.235. The standard InChI is InChI=1S/C17H19ClN2O/c1-20(13-14-7-3-2-4-8-14)17(21)12-19-11-15-9-5-6-10-16(15)18/h2-10,19H,11-13H2,1H3. The van der Waals surface area contributed by atoms with Gasteiger partial charge in [0.2, 0.25) is 5.91 Å². The van der Waals surface area contributed by atoms with Crippen LogP contribution in [0.15, 0.2) is 54.6 Å². The third kappa shape index (κ3) is 4.88. The van der Waals surface area contributed by atoms with Crippen molar-refractivity contribution in [2.75, 3.05) is 13.6 Å². The second-order valence-corrected chi connectivity index (χ2v) is 5.34. The summed E-state index contributed by atoms with van der Waals surface area (Å²) in [6.45, 7) is 1.51. The van der Waals surface area contributed by atoms with Crippen LogP contribution in [0, 0.1) is 0 Å². The topological polar surface area (TPSA) is 32.3 Å². The molecular formula is C17H19ClN2O. The molecule has 2 aromatic carbocycles. The van der Waals surface area contributed by atoms with Crippen molar-refractivity contribution in [2.24, 2.45) is 0 Å². The van der Waals surface area contributed by atoms with Gasteiger partial charge in [0, 0.05) is 25.2 Å². The molecule has 0 bridgehead atoms. The molecular weight excluding hydrogens is 284 g/mol. The smallest absolute Gasteiger partial charge is 0.236 e. The fourth-order valence-corrected chi connectivity index (χ4v) is 2.23. The van der Waals surface area contributed by atoms with E-state index >= 15 is 0 Å². The minimum Gasteiger partial charge on any atom is -0.340 e. The normalized spacial score (nSPS) is 10.4. The van der Waals surface area contributed by atoms with Crippen molar-refractivity contribution in [3.63, 3.8) is 0 Å². The zero-order chi connectivity index (χ0) is 15.1. The first kappa shape index (κ1) is 15.5. The molecule has 0 aliphatic rings. The number of amides is 1. The van der Waals surface area contributed by atoms with Crippen LogP contribution < -0.4 is 5.32 Å². The maximum atomic E-state index is 12.1. The average Bonchev–Trinajstić information content (AvgIpc) is 2.50. The number of nitrogens with zero attached hydrogens (tertiary/aromatic N) is 1. The summed E-state index contributed by atoms with van der Waals surface area (Å²) in [5, 5.41) is 3.85. The molecule has 3 nitrogen and oxygen atoms in total. The van der Waals surface area contributed by atoms with Crippen molar-refractivity contribution in [3.8, 4) is 0 Å². The van der Waals surface area contributed by atoms with Crippen LogP contribution in [0.5, 0.6) is 0 Å². The summed E-state index contributed by atoms with van der Waals surface area (Å²) >= 11 is 6.07. The molecule has 0 spiro atoms. The van der Waals surface area contributed by atoms with Gasteiger partial charge in [-0.2, -0.15) is 0 Å². The summed E-state index contributed by atoms with van der Waals surface area (Å²) in [6.07, 6.45) is 0. The molecule has 4 heteroatoms. The van der Waals surface area contributed by atoms with Gasteiger partial charge in [-0.1, -0.05) is 60.1 Å². The lowest BCUT2D eigenvalue weighted by Gasteiger charge is -2.17. The SMILES string of the molecule is CN(Cc1ccccc1)C(=O)CNCc1ccccc1Cl. The van der Waals surface area contributed by atoms with Crippen LogP contribution in [0.3, 0.4) is 0 Å². The lowest BCUT2D eigenvalue weighted by molar-refractivity contribution is -0.129. The van der Waals surface area contributed by atoms with Gasteiger partial charge < -0.3 is 10.2 Å². The molecule has 0 heterocycles. The third-order valence-electron chi connectivity index (χ3n) is 3.24. The van der Waals surface area contributed by atoms with E-state index in [1.165, 1.54) is 0 Å². The molecule has 0 radical (unpaired) electrons. The van der Waals surface area contributed by atoms with Crippen LogP contribution >= 0.6 is 11.6 Å². The first-order valence-electron chi connectivity index (χ1n) is 6.89. The van der Waals surface area contributed by atoms with Gasteiger partial charge in [-0.05, 0) is 17.2 Å². The number of halogens is 1. The Morgan fingerprint density at radius 3 is 2.48 bits per heavy atom. The number of likely N-dealkylation sites (N-methyl/N-ethyl adjacent to an activating group) is 1. The number of rotatable bonds is 6. The van der Waals surface area contributed by atoms with Crippen LogP contribution in [-0.2, 0) is 17.9 Å². The molecule has 0 atom stereocenters. The Hall–Kier alpha value is -1.84. The largest absolute Gasteiger partial charge is 0.340 e. The highest BCUT2D eigenvalue weighted by Crippen LogP contribution is 2.14. The average molecular weight is 303 g/mol. The van der Waals surface area contributed by atoms with Crippen molar-refractivity contribution >= 4 is 17.5 Å². The Morgan fingerprint density at radius 2 is 1.76 bits per heavy atom. The summed E-state index contributed by atoms with van der Waals surface area (Å²) in [5.74, 6) is 0.0610. The zero-order valence-corrected chi connectivity index (χ0v) is 12.8. The monoisotopic (exact) mass is 302 g/mol. The summed E-state index contributed by atoms with van der Waals surface area (Å²) in [6, 6.07) is 17.6. The molecule has 0 unspecified atom stereocenters. The van der Waals surface area contributed by atoms with Crippen LogP contribution in [0.1, 0.15) is 11.1 Å². The molecule has 110 valence electrons. The molecule has 1 N–H and O–H groups in total. The predicted molar refractivity (Wildman–Crippen MR) is 86.1 cm³/mol. The fourth-order valence-electron chi connectivity index (χ4n) is 2.03. The summed E-state index contributed by atoms with van der Waals surface area (Å²) in [7, 11) is 1.81. The van der Waals surface area contributed by atoms with E-state index in [1.807, 2.05) is 61.6 Å². The van der Waals surface area contributed by atoms with Gasteiger partial charge in [0.15, 0.2) is 0 Å². The van der Waals surface area contributed by atoms with E-state index in [-0.39, 0.29) is 5.91 Å². The van der Waals surface area contributed by atoms with Gasteiger partial charge in [0.25, 0.3) is 0 Å². The zero-order valence-electron chi connectivity index (χ0n) is 12.1. The molecule has 21 heavy (non-hydrogen) atoms. The lowest BCUT2D eigenvalue weighted by atomic mass is 10.2. The number of nitrogens with one attached hydrogen (secondary N) is 1. The van der Waals surface area contributed by atoms with Gasteiger partial charge >= 0.3 is 0 Å². The second-order valence-electron chi connectivity index (χ2n) is 4.93. The number of hydrogen-bond donors (Lipinski definition) is 1. The molecule has 0 aromatic heterocycles. The van der Waals surface area contributed by atoms with Gasteiger partial charge in [-0.25, -0.2) is 0 Å². The van der Waals surface area contributed by atoms with Crippen molar-refractivity contribution < 1.29 is 4.79 Å². The van der Waals surface area contributed by atoms with Crippen molar-refractivity contribution in [1.82, 2.24) is 10.2 Å². The highest BCUT2D eigenvalue weighted by Gasteiger charge is 2.09. The Balaban J connectivity index is 1.78. The molecule has 0 saturated heterocycles. The van der Waals surface area contributed by atoms with Crippen LogP contribution in [-0.4, -0.2) is 24.4 Å². The van der Waals surface area contributed by atoms with Gasteiger partial charge in [-0.15, -0.1) is 0 Å². The van der Waals surface area contributed by atoms with E-state index in [2.05, 4.69) is 5.32 Å². The van der Waals surface area contributed by atoms with Crippen LogP contribution in [0.2, 0.25) is 5.02 Å². The molecule has 0 aliphatic carbocycles. The lowest BCUT2D eigenvalue weighted by Crippen LogP contribution is -2.34. The quantitative estimate of drug-likeness (QED) is 0.889. The van der Waals surface area contributed by atoms with E-state index in [1.54, 1.807) is 4.90 Å². The van der Waals surface area contributed by atoms with E-state index in [9.17, 15) is 4.79 Å². The van der Waals surface area contributed by atoms with E-state index < -0.39 is 0 Å². The Morgan fingerprint density at radius 1 is 1.10 bits per heavy atom. The second kappa shape index (κ2) is 7.81. The highest BCUT2D eigenvalue weighted by molar-refractivity contribution is 6.31. The van der Waals surface area contributed by atoms with Crippen molar-refractivity contribution in [1.29, 1.82) is 0 Å². The number of carbonyl (C=O) groups is 1. The summed E-state index contributed by atoms with van der Waals surface area (Å²) in [4.78, 5) is 13.8. The Bertz CT molecular complexity index is 586. The van der Waals surface area contributed by atoms with E-state index in [0.29, 0.717) is 19.6 Å². The molecule has 0 aliphatic heterocycles. The van der Waals surface area contributed by atoms with Crippen molar-refractivity contribution in [2.45, 2.75) is 13.1 Å². The maximum absolute atomic E-state index is 12.1. The first-order chi connectivity index (χ1) is 10.2. The predicted octanol–water partition coefficient (Wildman–Crippen LogP) is 3.09. The van der Waals surface area contributed by atoms with Crippen LogP contribution in [0.4, 0.5) is 0 Å². The molecule has 2 aromatic rings. The minimum absolute atomic E-state index is 0.0610. The Kier molecular flexibility index (Phi) is 5.78. The molecule has 0 saturated carbocycles. The highest BCUT2D eigenvalue weighted by atomic mass is 35.5. The van der Waals surface area contributed by atoms with Crippen molar-refractivity contribution in [3.05, 3.63) is 70.7 Å². The number of hydrogen-bond acceptors (Lipinski definition) is 2. The molecule has 2 rings (SSSR count). The molecule has 1 amide bonds. The van der Waals surface area contributed by atoms with E-state index in [4.69, 9.17) is 11.6 Å². The van der Waals surface area contributed by atoms with Crippen LogP contribution in [0.25, 0.3) is 0 Å². The van der Waals surface area contributed by atoms with E-state index in [0.717, 1.165) is 16.1 Å². The van der Waals surface area contributed by atoms with Gasteiger partial charge in [0.1, 0.15) is 0 Å². The third-order valence-corrected chi connectivity index (χ3v) is 3.61. The summed E-state index contributed by atoms with van der Waals surface area (Å²) < 4.78 is 0.